The molecule has 9 heteroatoms. The van der Waals surface area contributed by atoms with Gasteiger partial charge in [0.1, 0.15) is 0 Å². The smallest absolute Gasteiger partial charge is 0.417 e. The summed E-state index contributed by atoms with van der Waals surface area (Å²) in [6, 6.07) is 6.46. The Morgan fingerprint density at radius 2 is 1.75 bits per heavy atom. The molecule has 0 aliphatic carbocycles. The molecule has 0 aromatic heterocycles. The molecule has 1 aliphatic heterocycles. The summed E-state index contributed by atoms with van der Waals surface area (Å²) >= 11 is 18.2. The van der Waals surface area contributed by atoms with E-state index in [1.54, 1.807) is 12.1 Å². The summed E-state index contributed by atoms with van der Waals surface area (Å²) in [5.74, 6) is -1.64. The molecule has 0 radical (unpaired) electrons. The largest absolute Gasteiger partial charge is 0.478 e. The number of aromatic carboxylic acids is 1. The first kappa shape index (κ1) is 21.0. The van der Waals surface area contributed by atoms with Gasteiger partial charge < -0.3 is 5.11 Å². The summed E-state index contributed by atoms with van der Waals surface area (Å²) in [5, 5.41) is 9.82. The third-order valence-corrected chi connectivity index (χ3v) is 5.94. The van der Waals surface area contributed by atoms with Crippen molar-refractivity contribution in [1.29, 1.82) is 0 Å². The van der Waals surface area contributed by atoms with Crippen LogP contribution in [0.15, 0.2) is 35.3 Å². The molecule has 1 aliphatic rings. The lowest BCUT2D eigenvalue weighted by molar-refractivity contribution is -0.138. The molecule has 148 valence electrons. The van der Waals surface area contributed by atoms with Gasteiger partial charge in [0.15, 0.2) is 0 Å². The van der Waals surface area contributed by atoms with Crippen LogP contribution in [0.5, 0.6) is 0 Å². The molecular weight excluding hydrogens is 438 g/mol. The second kappa shape index (κ2) is 7.25. The summed E-state index contributed by atoms with van der Waals surface area (Å²) in [6.45, 7) is 2.22. The van der Waals surface area contributed by atoms with Crippen molar-refractivity contribution >= 4 is 46.5 Å². The van der Waals surface area contributed by atoms with Crippen LogP contribution >= 0.6 is 34.8 Å². The molecule has 2 aromatic rings. The highest BCUT2D eigenvalue weighted by Gasteiger charge is 2.38. The van der Waals surface area contributed by atoms with Crippen LogP contribution in [0.4, 0.5) is 13.2 Å². The van der Waals surface area contributed by atoms with Crippen LogP contribution in [0.3, 0.4) is 0 Å². The maximum Gasteiger partial charge on any atom is 0.417 e. The number of benzene rings is 2. The van der Waals surface area contributed by atoms with Crippen molar-refractivity contribution in [3.63, 3.8) is 0 Å². The quantitative estimate of drug-likeness (QED) is 0.542. The van der Waals surface area contributed by atoms with Gasteiger partial charge in [-0.05, 0) is 35.4 Å². The normalized spacial score (nSPS) is 19.6. The zero-order valence-electron chi connectivity index (χ0n) is 14.4. The number of nitrogens with zero attached hydrogens (tertiary/aromatic N) is 1. The van der Waals surface area contributed by atoms with Crippen LogP contribution in [-0.2, 0) is 11.6 Å². The van der Waals surface area contributed by atoms with Crippen LogP contribution in [0, 0.1) is 0 Å². The lowest BCUT2D eigenvalue weighted by atomic mass is 9.79. The van der Waals surface area contributed by atoms with E-state index in [9.17, 15) is 18.0 Å². The van der Waals surface area contributed by atoms with E-state index in [0.29, 0.717) is 18.7 Å². The summed E-state index contributed by atoms with van der Waals surface area (Å²) in [6.07, 6.45) is -4.45. The molecule has 2 aromatic carbocycles. The Morgan fingerprint density at radius 1 is 1.14 bits per heavy atom. The number of carbonyl (C=O) groups is 1. The molecule has 0 spiro atoms. The number of hydrogen-bond acceptors (Lipinski definition) is 2. The number of carboxylic acids is 1. The Balaban J connectivity index is 1.97. The molecule has 3 nitrogen and oxygen atoms in total. The molecule has 0 saturated carbocycles. The molecule has 0 fully saturated rings. The summed E-state index contributed by atoms with van der Waals surface area (Å²) in [7, 11) is 0. The Kier molecular flexibility index (Phi) is 5.42. The molecule has 0 amide bonds. The number of carboxylic acid groups (broad SMARTS) is 1. The monoisotopic (exact) mass is 449 g/mol. The van der Waals surface area contributed by atoms with Gasteiger partial charge in [0, 0.05) is 24.1 Å². The molecule has 28 heavy (non-hydrogen) atoms. The van der Waals surface area contributed by atoms with Crippen LogP contribution in [0.25, 0.3) is 0 Å². The highest BCUT2D eigenvalue weighted by atomic mass is 35.5. The van der Waals surface area contributed by atoms with Crippen molar-refractivity contribution in [2.24, 2.45) is 4.99 Å². The molecule has 1 atom stereocenters. The van der Waals surface area contributed by atoms with Crippen molar-refractivity contribution in [2.75, 3.05) is 6.54 Å². The maximum absolute atomic E-state index is 13.3. The van der Waals surface area contributed by atoms with Crippen molar-refractivity contribution in [3.8, 4) is 0 Å². The average molecular weight is 451 g/mol. The minimum absolute atomic E-state index is 0.229. The predicted octanol–water partition coefficient (Wildman–Crippen LogP) is 6.51. The predicted molar refractivity (Wildman–Crippen MR) is 103 cm³/mol. The average Bonchev–Trinajstić information content (AvgIpc) is 3.01. The lowest BCUT2D eigenvalue weighted by Crippen LogP contribution is -2.23. The number of halogens is 6. The van der Waals surface area contributed by atoms with E-state index in [0.717, 1.165) is 17.7 Å². The number of hydrogen-bond donors (Lipinski definition) is 1. The molecule has 3 rings (SSSR count). The van der Waals surface area contributed by atoms with E-state index >= 15 is 0 Å². The summed E-state index contributed by atoms with van der Waals surface area (Å²) in [5.41, 5.74) is -1.08. The van der Waals surface area contributed by atoms with Gasteiger partial charge in [0.25, 0.3) is 0 Å². The molecular formula is C19H13Cl3F3NO2. The summed E-state index contributed by atoms with van der Waals surface area (Å²) < 4.78 is 39.8. The number of rotatable bonds is 3. The SMILES string of the molecule is CC1(c2cc(Cl)c(Cl)c(Cl)c2)CN=C(c2ccc(C(=O)O)c(C(F)(F)F)c2)C1. The molecule has 1 N–H and O–H groups in total. The second-order valence-electron chi connectivity index (χ2n) is 6.82. The lowest BCUT2D eigenvalue weighted by Gasteiger charge is -2.24. The second-order valence-corrected chi connectivity index (χ2v) is 8.01. The molecule has 1 unspecified atom stereocenters. The van der Waals surface area contributed by atoms with Crippen molar-refractivity contribution < 1.29 is 23.1 Å². The van der Waals surface area contributed by atoms with Gasteiger partial charge in [-0.1, -0.05) is 47.8 Å². The van der Waals surface area contributed by atoms with E-state index in [1.165, 1.54) is 6.07 Å². The fourth-order valence-corrected chi connectivity index (χ4v) is 3.78. The highest BCUT2D eigenvalue weighted by Crippen LogP contribution is 2.41. The Labute approximate surface area is 173 Å². The first-order chi connectivity index (χ1) is 12.9. The first-order valence-corrected chi connectivity index (χ1v) is 9.19. The van der Waals surface area contributed by atoms with Gasteiger partial charge in [-0.25, -0.2) is 4.79 Å². The van der Waals surface area contributed by atoms with E-state index in [2.05, 4.69) is 4.99 Å². The zero-order chi connectivity index (χ0) is 20.9. The third-order valence-electron chi connectivity index (χ3n) is 4.75. The van der Waals surface area contributed by atoms with Gasteiger partial charge in [-0.2, -0.15) is 13.2 Å². The zero-order valence-corrected chi connectivity index (χ0v) is 16.6. The van der Waals surface area contributed by atoms with Crippen LogP contribution in [0.2, 0.25) is 15.1 Å². The van der Waals surface area contributed by atoms with Crippen molar-refractivity contribution in [1.82, 2.24) is 0 Å². The first-order valence-electron chi connectivity index (χ1n) is 8.05. The Hall–Kier alpha value is -1.76. The fraction of sp³-hybridized carbons (Fsp3) is 0.263. The Morgan fingerprint density at radius 3 is 2.29 bits per heavy atom. The maximum atomic E-state index is 13.3. The summed E-state index contributed by atoms with van der Waals surface area (Å²) in [4.78, 5) is 15.5. The van der Waals surface area contributed by atoms with Crippen LogP contribution in [-0.4, -0.2) is 23.3 Å². The Bertz CT molecular complexity index is 981. The minimum atomic E-state index is -4.79. The van der Waals surface area contributed by atoms with E-state index < -0.39 is 28.7 Å². The van der Waals surface area contributed by atoms with Gasteiger partial charge in [-0.3, -0.25) is 4.99 Å². The van der Waals surface area contributed by atoms with Crippen molar-refractivity contribution in [3.05, 3.63) is 67.7 Å². The van der Waals surface area contributed by atoms with Gasteiger partial charge in [0.05, 0.1) is 26.2 Å². The topological polar surface area (TPSA) is 49.7 Å². The van der Waals surface area contributed by atoms with E-state index in [4.69, 9.17) is 39.9 Å². The molecule has 0 saturated heterocycles. The van der Waals surface area contributed by atoms with Gasteiger partial charge >= 0.3 is 12.1 Å². The van der Waals surface area contributed by atoms with Gasteiger partial charge in [-0.15, -0.1) is 0 Å². The van der Waals surface area contributed by atoms with Crippen LogP contribution < -0.4 is 0 Å². The third kappa shape index (κ3) is 3.86. The number of aliphatic imine (C=N–C) groups is 1. The molecule has 0 bridgehead atoms. The fourth-order valence-electron chi connectivity index (χ4n) is 3.19. The van der Waals surface area contributed by atoms with E-state index in [-0.39, 0.29) is 20.6 Å². The highest BCUT2D eigenvalue weighted by molar-refractivity contribution is 6.48. The van der Waals surface area contributed by atoms with Crippen LogP contribution in [0.1, 0.15) is 40.4 Å². The number of alkyl halides is 3. The van der Waals surface area contributed by atoms with Gasteiger partial charge in [0.2, 0.25) is 0 Å². The van der Waals surface area contributed by atoms with Crippen molar-refractivity contribution in [2.45, 2.75) is 24.9 Å². The molecule has 1 heterocycles. The standard InChI is InChI=1S/C19H13Cl3F3NO2/c1-18(10-5-13(20)16(22)14(21)6-10)7-15(26-8-18)9-2-3-11(17(27)28)12(4-9)19(23,24)25/h2-6H,7-8H2,1H3,(H,27,28). The van der Waals surface area contributed by atoms with E-state index in [1.807, 2.05) is 6.92 Å². The minimum Gasteiger partial charge on any atom is -0.478 e.